The highest BCUT2D eigenvalue weighted by Gasteiger charge is 2.36. The molecule has 0 bridgehead atoms. The fourth-order valence-corrected chi connectivity index (χ4v) is 2.83. The lowest BCUT2D eigenvalue weighted by Gasteiger charge is -2.13. The van der Waals surface area contributed by atoms with Crippen LogP contribution in [0.25, 0.3) is 0 Å². The molecule has 0 spiro atoms. The molecule has 1 aliphatic heterocycles. The molecule has 3 unspecified atom stereocenters. The minimum absolute atomic E-state index is 0.0166. The fourth-order valence-electron chi connectivity index (χ4n) is 2.83. The van der Waals surface area contributed by atoms with Crippen LogP contribution in [-0.4, -0.2) is 23.9 Å². The molecule has 98 valence electrons. The van der Waals surface area contributed by atoms with Crippen LogP contribution in [0.15, 0.2) is 16.5 Å². The Kier molecular flexibility index (Phi) is 2.90. The van der Waals surface area contributed by atoms with Gasteiger partial charge in [0.25, 0.3) is 0 Å². The summed E-state index contributed by atoms with van der Waals surface area (Å²) in [5.74, 6) is 3.38. The first-order chi connectivity index (χ1) is 8.63. The smallest absolute Gasteiger partial charge is 0.221 e. The van der Waals surface area contributed by atoms with Gasteiger partial charge in [0.1, 0.15) is 11.5 Å². The third-order valence-corrected chi connectivity index (χ3v) is 4.21. The van der Waals surface area contributed by atoms with Crippen molar-refractivity contribution in [3.8, 4) is 0 Å². The molecule has 3 rings (SSSR count). The van der Waals surface area contributed by atoms with Crippen molar-refractivity contribution in [3.63, 3.8) is 0 Å². The second kappa shape index (κ2) is 4.43. The lowest BCUT2D eigenvalue weighted by atomic mass is 10.1. The van der Waals surface area contributed by atoms with Crippen molar-refractivity contribution in [2.24, 2.45) is 17.6 Å². The van der Waals surface area contributed by atoms with Gasteiger partial charge in [-0.05, 0) is 37.4 Å². The van der Waals surface area contributed by atoms with Crippen LogP contribution in [0.2, 0.25) is 0 Å². The monoisotopic (exact) mass is 248 g/mol. The van der Waals surface area contributed by atoms with Crippen molar-refractivity contribution >= 4 is 5.91 Å². The summed E-state index contributed by atoms with van der Waals surface area (Å²) >= 11 is 0. The first kappa shape index (κ1) is 11.8. The van der Waals surface area contributed by atoms with E-state index >= 15 is 0 Å². The largest absolute Gasteiger partial charge is 0.464 e. The van der Waals surface area contributed by atoms with E-state index in [2.05, 4.69) is 24.0 Å². The number of rotatable bonds is 4. The highest BCUT2D eigenvalue weighted by atomic mass is 16.3. The zero-order valence-electron chi connectivity index (χ0n) is 10.8. The molecule has 1 amide bonds. The lowest BCUT2D eigenvalue weighted by Crippen LogP contribution is -2.27. The molecule has 0 radical (unpaired) electrons. The maximum absolute atomic E-state index is 11.1. The molecule has 2 N–H and O–H groups in total. The molecule has 4 heteroatoms. The quantitative estimate of drug-likeness (QED) is 0.882. The van der Waals surface area contributed by atoms with Crippen LogP contribution in [0, 0.1) is 11.8 Å². The van der Waals surface area contributed by atoms with Gasteiger partial charge in [-0.1, -0.05) is 6.92 Å². The molecule has 4 nitrogen and oxygen atoms in total. The number of furan rings is 1. The van der Waals surface area contributed by atoms with Gasteiger partial charge < -0.3 is 10.2 Å². The maximum atomic E-state index is 11.1. The molecule has 2 aliphatic rings. The Morgan fingerprint density at radius 2 is 2.33 bits per heavy atom. The van der Waals surface area contributed by atoms with E-state index in [4.69, 9.17) is 10.2 Å². The van der Waals surface area contributed by atoms with Gasteiger partial charge in [0, 0.05) is 12.5 Å². The van der Waals surface area contributed by atoms with Crippen molar-refractivity contribution in [3.05, 3.63) is 23.7 Å². The van der Waals surface area contributed by atoms with E-state index in [0.29, 0.717) is 5.92 Å². The van der Waals surface area contributed by atoms with Crippen molar-refractivity contribution in [2.45, 2.75) is 32.2 Å². The Hall–Kier alpha value is -1.29. The van der Waals surface area contributed by atoms with E-state index in [1.165, 1.54) is 6.42 Å². The van der Waals surface area contributed by atoms with Gasteiger partial charge in [-0.15, -0.1) is 0 Å². The second-order valence-electron chi connectivity index (χ2n) is 5.75. The van der Waals surface area contributed by atoms with E-state index in [1.54, 1.807) is 0 Å². The molecular weight excluding hydrogens is 228 g/mol. The summed E-state index contributed by atoms with van der Waals surface area (Å²) in [5.41, 5.74) is 5.33. The third kappa shape index (κ3) is 2.29. The average Bonchev–Trinajstić information content (AvgIpc) is 2.80. The maximum Gasteiger partial charge on any atom is 0.221 e. The second-order valence-corrected chi connectivity index (χ2v) is 5.75. The molecule has 2 heterocycles. The van der Waals surface area contributed by atoms with Crippen LogP contribution < -0.4 is 5.73 Å². The van der Waals surface area contributed by atoms with E-state index in [0.717, 1.165) is 43.5 Å². The van der Waals surface area contributed by atoms with Crippen LogP contribution >= 0.6 is 0 Å². The zero-order chi connectivity index (χ0) is 12.7. The molecule has 1 aliphatic carbocycles. The number of amides is 1. The molecule has 18 heavy (non-hydrogen) atoms. The van der Waals surface area contributed by atoms with Crippen LogP contribution in [-0.2, 0) is 11.3 Å². The summed E-state index contributed by atoms with van der Waals surface area (Å²) in [6, 6.07) is 4.17. The minimum atomic E-state index is -0.176. The predicted molar refractivity (Wildman–Crippen MR) is 67.8 cm³/mol. The van der Waals surface area contributed by atoms with Crippen LogP contribution in [0.4, 0.5) is 0 Å². The summed E-state index contributed by atoms with van der Waals surface area (Å²) in [4.78, 5) is 13.4. The van der Waals surface area contributed by atoms with E-state index in [9.17, 15) is 4.79 Å². The summed E-state index contributed by atoms with van der Waals surface area (Å²) in [7, 11) is 0. The fraction of sp³-hybridized carbons (Fsp3) is 0.643. The number of carbonyl (C=O) groups excluding carboxylic acids is 1. The van der Waals surface area contributed by atoms with Crippen molar-refractivity contribution in [1.82, 2.24) is 4.90 Å². The Labute approximate surface area is 107 Å². The average molecular weight is 248 g/mol. The Morgan fingerprint density at radius 3 is 2.94 bits per heavy atom. The molecule has 3 atom stereocenters. The molecule has 1 aromatic heterocycles. The van der Waals surface area contributed by atoms with E-state index < -0.39 is 0 Å². The number of nitrogens with zero attached hydrogens (tertiary/aromatic N) is 1. The normalized spacial score (nSPS) is 31.7. The van der Waals surface area contributed by atoms with Gasteiger partial charge >= 0.3 is 0 Å². The topological polar surface area (TPSA) is 59.5 Å². The zero-order valence-corrected chi connectivity index (χ0v) is 10.8. The molecule has 0 aromatic carbocycles. The van der Waals surface area contributed by atoms with E-state index in [-0.39, 0.29) is 11.8 Å². The van der Waals surface area contributed by atoms with Gasteiger partial charge in [-0.2, -0.15) is 0 Å². The van der Waals surface area contributed by atoms with Gasteiger partial charge in [0.2, 0.25) is 5.91 Å². The number of primary amides is 1. The number of hydrogen-bond donors (Lipinski definition) is 1. The van der Waals surface area contributed by atoms with Gasteiger partial charge in [-0.25, -0.2) is 0 Å². The standard InChI is InChI=1S/C14H20N2O2/c1-9-6-12(9)13-3-2-11(18-13)8-16-5-4-10(7-16)14(15)17/h2-3,9-10,12H,4-8H2,1H3,(H2,15,17). The van der Waals surface area contributed by atoms with Gasteiger partial charge in [-0.3, -0.25) is 9.69 Å². The summed E-state index contributed by atoms with van der Waals surface area (Å²) < 4.78 is 5.88. The summed E-state index contributed by atoms with van der Waals surface area (Å²) in [6.07, 6.45) is 2.13. The van der Waals surface area contributed by atoms with Crippen LogP contribution in [0.5, 0.6) is 0 Å². The van der Waals surface area contributed by atoms with Crippen LogP contribution in [0.3, 0.4) is 0 Å². The first-order valence-corrected chi connectivity index (χ1v) is 6.73. The molecule has 1 saturated heterocycles. The van der Waals surface area contributed by atoms with Crippen molar-refractivity contribution in [2.75, 3.05) is 13.1 Å². The third-order valence-electron chi connectivity index (χ3n) is 4.21. The predicted octanol–water partition coefficient (Wildman–Crippen LogP) is 1.71. The number of likely N-dealkylation sites (tertiary alicyclic amines) is 1. The number of hydrogen-bond acceptors (Lipinski definition) is 3. The molecule has 1 aromatic rings. The van der Waals surface area contributed by atoms with E-state index in [1.807, 2.05) is 0 Å². The number of nitrogens with two attached hydrogens (primary N) is 1. The molecular formula is C14H20N2O2. The minimum Gasteiger partial charge on any atom is -0.464 e. The first-order valence-electron chi connectivity index (χ1n) is 6.73. The van der Waals surface area contributed by atoms with Crippen LogP contribution in [0.1, 0.15) is 37.2 Å². The van der Waals surface area contributed by atoms with Gasteiger partial charge in [0.05, 0.1) is 12.5 Å². The molecule has 1 saturated carbocycles. The van der Waals surface area contributed by atoms with Gasteiger partial charge in [0.15, 0.2) is 0 Å². The lowest BCUT2D eigenvalue weighted by molar-refractivity contribution is -0.121. The van der Waals surface area contributed by atoms with Crippen molar-refractivity contribution < 1.29 is 9.21 Å². The van der Waals surface area contributed by atoms with Crippen molar-refractivity contribution in [1.29, 1.82) is 0 Å². The Balaban J connectivity index is 1.57. The number of carbonyl (C=O) groups is 1. The highest BCUT2D eigenvalue weighted by molar-refractivity contribution is 5.77. The Morgan fingerprint density at radius 1 is 1.56 bits per heavy atom. The molecule has 2 fully saturated rings. The summed E-state index contributed by atoms with van der Waals surface area (Å²) in [6.45, 7) is 4.75. The highest BCUT2D eigenvalue weighted by Crippen LogP contribution is 2.47. The summed E-state index contributed by atoms with van der Waals surface area (Å²) in [5, 5.41) is 0. The SMILES string of the molecule is CC1CC1c1ccc(CN2CCC(C(N)=O)C2)o1. The Bertz CT molecular complexity index is 454.